The number of sulfonamides is 1. The predicted octanol–water partition coefficient (Wildman–Crippen LogP) is 3.07. The lowest BCUT2D eigenvalue weighted by Crippen LogP contribution is -2.43. The van der Waals surface area contributed by atoms with E-state index in [1.165, 1.54) is 0 Å². The smallest absolute Gasteiger partial charge is 0.242 e. The highest BCUT2D eigenvalue weighted by atomic mass is 32.2. The van der Waals surface area contributed by atoms with E-state index in [1.807, 2.05) is 12.1 Å². The topological polar surface area (TPSA) is 88.2 Å². The van der Waals surface area contributed by atoms with E-state index in [4.69, 9.17) is 0 Å². The summed E-state index contributed by atoms with van der Waals surface area (Å²) in [5.41, 5.74) is 1.11. The Hall–Kier alpha value is -2.84. The van der Waals surface area contributed by atoms with E-state index in [-0.39, 0.29) is 11.3 Å². The molecule has 0 fully saturated rings. The van der Waals surface area contributed by atoms with Crippen LogP contribution in [0.25, 0.3) is 10.9 Å². The first-order valence-electron chi connectivity index (χ1n) is 8.33. The molecule has 3 rings (SSSR count). The summed E-state index contributed by atoms with van der Waals surface area (Å²) in [5, 5.41) is 3.59. The minimum atomic E-state index is -3.96. The van der Waals surface area contributed by atoms with Gasteiger partial charge in [-0.1, -0.05) is 25.1 Å². The quantitative estimate of drug-likeness (QED) is 0.680. The molecule has 1 amide bonds. The largest absolute Gasteiger partial charge is 0.323 e. The van der Waals surface area contributed by atoms with E-state index >= 15 is 0 Å². The zero-order chi connectivity index (χ0) is 19.4. The van der Waals surface area contributed by atoms with Gasteiger partial charge in [0, 0.05) is 11.6 Å². The lowest BCUT2D eigenvalue weighted by molar-refractivity contribution is -0.117. The van der Waals surface area contributed by atoms with E-state index in [2.05, 4.69) is 15.0 Å². The van der Waals surface area contributed by atoms with Gasteiger partial charge in [0.15, 0.2) is 0 Å². The minimum absolute atomic E-state index is 0.109. The van der Waals surface area contributed by atoms with E-state index in [1.54, 1.807) is 31.3 Å². The standard InChI is InChI=1S/C19H18FN3O3S/c1-2-16(23-27(25,26)15-10-8-14(20)9-11-15)19(24)22-17-7-3-5-13-6-4-12-21-18(13)17/h3-12,16,23H,2H2,1H3,(H,22,24). The molecule has 1 heterocycles. The van der Waals surface area contributed by atoms with Crippen LogP contribution in [-0.2, 0) is 14.8 Å². The molecule has 1 atom stereocenters. The average Bonchev–Trinajstić information content (AvgIpc) is 2.66. The number of aromatic nitrogens is 1. The third-order valence-corrected chi connectivity index (χ3v) is 5.52. The van der Waals surface area contributed by atoms with Gasteiger partial charge in [-0.2, -0.15) is 4.72 Å². The Balaban J connectivity index is 1.80. The number of halogens is 1. The van der Waals surface area contributed by atoms with Gasteiger partial charge in [0.1, 0.15) is 11.9 Å². The van der Waals surface area contributed by atoms with Gasteiger partial charge in [0.25, 0.3) is 0 Å². The molecule has 0 aliphatic heterocycles. The molecule has 0 saturated heterocycles. The fraction of sp³-hybridized carbons (Fsp3) is 0.158. The van der Waals surface area contributed by atoms with Gasteiger partial charge >= 0.3 is 0 Å². The van der Waals surface area contributed by atoms with Gasteiger partial charge in [0.2, 0.25) is 15.9 Å². The van der Waals surface area contributed by atoms with Crippen molar-refractivity contribution in [1.82, 2.24) is 9.71 Å². The fourth-order valence-corrected chi connectivity index (χ4v) is 3.89. The Labute approximate surface area is 156 Å². The molecule has 1 aromatic heterocycles. The number of fused-ring (bicyclic) bond motifs is 1. The lowest BCUT2D eigenvalue weighted by Gasteiger charge is -2.17. The molecule has 0 aliphatic rings. The van der Waals surface area contributed by atoms with Gasteiger partial charge in [-0.05, 0) is 42.8 Å². The normalized spacial score (nSPS) is 12.7. The van der Waals surface area contributed by atoms with Crippen LogP contribution in [0.4, 0.5) is 10.1 Å². The second-order valence-corrected chi connectivity index (χ2v) is 7.62. The first-order valence-corrected chi connectivity index (χ1v) is 9.81. The van der Waals surface area contributed by atoms with Crippen molar-refractivity contribution in [2.45, 2.75) is 24.3 Å². The monoisotopic (exact) mass is 387 g/mol. The third kappa shape index (κ3) is 4.29. The van der Waals surface area contributed by atoms with Gasteiger partial charge in [-0.3, -0.25) is 9.78 Å². The van der Waals surface area contributed by atoms with Crippen LogP contribution < -0.4 is 10.0 Å². The first-order chi connectivity index (χ1) is 12.9. The maximum atomic E-state index is 13.0. The highest BCUT2D eigenvalue weighted by molar-refractivity contribution is 7.89. The molecule has 2 N–H and O–H groups in total. The van der Waals surface area contributed by atoms with Crippen LogP contribution in [-0.4, -0.2) is 25.4 Å². The molecule has 8 heteroatoms. The van der Waals surface area contributed by atoms with Crippen molar-refractivity contribution >= 4 is 32.5 Å². The van der Waals surface area contributed by atoms with Crippen molar-refractivity contribution < 1.29 is 17.6 Å². The Kier molecular flexibility index (Phi) is 5.48. The summed E-state index contributed by atoms with van der Waals surface area (Å²) in [7, 11) is -3.96. The second-order valence-electron chi connectivity index (χ2n) is 5.91. The van der Waals surface area contributed by atoms with E-state index < -0.39 is 27.8 Å². The Morgan fingerprint density at radius 1 is 1.11 bits per heavy atom. The first kappa shape index (κ1) is 18.9. The molecule has 0 aliphatic carbocycles. The predicted molar refractivity (Wildman–Crippen MR) is 101 cm³/mol. The van der Waals surface area contributed by atoms with Crippen LogP contribution in [0.2, 0.25) is 0 Å². The van der Waals surface area contributed by atoms with Crippen molar-refractivity contribution in [3.63, 3.8) is 0 Å². The van der Waals surface area contributed by atoms with E-state index in [0.717, 1.165) is 29.7 Å². The average molecular weight is 387 g/mol. The van der Waals surface area contributed by atoms with Gasteiger partial charge in [-0.15, -0.1) is 0 Å². The summed E-state index contributed by atoms with van der Waals surface area (Å²) in [6.45, 7) is 1.69. The summed E-state index contributed by atoms with van der Waals surface area (Å²) in [6, 6.07) is 12.4. The Morgan fingerprint density at radius 2 is 1.81 bits per heavy atom. The number of para-hydroxylation sites is 1. The van der Waals surface area contributed by atoms with Crippen molar-refractivity contribution in [1.29, 1.82) is 0 Å². The van der Waals surface area contributed by atoms with Crippen LogP contribution in [0.5, 0.6) is 0 Å². The molecule has 1 unspecified atom stereocenters. The molecule has 0 radical (unpaired) electrons. The van der Waals surface area contributed by atoms with Crippen molar-refractivity contribution in [2.75, 3.05) is 5.32 Å². The van der Waals surface area contributed by atoms with Crippen LogP contribution in [0.1, 0.15) is 13.3 Å². The number of carbonyl (C=O) groups excluding carboxylic acids is 1. The third-order valence-electron chi connectivity index (χ3n) is 4.04. The van der Waals surface area contributed by atoms with Crippen LogP contribution in [0.15, 0.2) is 65.7 Å². The summed E-state index contributed by atoms with van der Waals surface area (Å²) in [4.78, 5) is 16.8. The number of hydrogen-bond acceptors (Lipinski definition) is 4. The van der Waals surface area contributed by atoms with Crippen LogP contribution in [0, 0.1) is 5.82 Å². The summed E-state index contributed by atoms with van der Waals surface area (Å²) in [6.07, 6.45) is 1.86. The maximum Gasteiger partial charge on any atom is 0.242 e. The Bertz CT molecular complexity index is 1060. The van der Waals surface area contributed by atoms with E-state index in [0.29, 0.717) is 11.2 Å². The molecule has 140 valence electrons. The molecule has 0 saturated carbocycles. The number of nitrogens with one attached hydrogen (secondary N) is 2. The SMILES string of the molecule is CCC(NS(=O)(=O)c1ccc(F)cc1)C(=O)Nc1cccc2cccnc12. The van der Waals surface area contributed by atoms with Gasteiger partial charge in [-0.25, -0.2) is 12.8 Å². The lowest BCUT2D eigenvalue weighted by atomic mass is 10.1. The molecular weight excluding hydrogens is 369 g/mol. The number of nitrogens with zero attached hydrogens (tertiary/aromatic N) is 1. The zero-order valence-corrected chi connectivity index (χ0v) is 15.3. The minimum Gasteiger partial charge on any atom is -0.323 e. The van der Waals surface area contributed by atoms with Gasteiger partial charge < -0.3 is 5.32 Å². The number of benzene rings is 2. The van der Waals surface area contributed by atoms with E-state index in [9.17, 15) is 17.6 Å². The number of anilines is 1. The number of hydrogen-bond donors (Lipinski definition) is 2. The number of amides is 1. The molecule has 0 bridgehead atoms. The Morgan fingerprint density at radius 3 is 2.52 bits per heavy atom. The number of carbonyl (C=O) groups is 1. The number of pyridine rings is 1. The molecule has 2 aromatic carbocycles. The molecule has 3 aromatic rings. The molecule has 6 nitrogen and oxygen atoms in total. The molecule has 0 spiro atoms. The van der Waals surface area contributed by atoms with Crippen LogP contribution in [0.3, 0.4) is 0 Å². The highest BCUT2D eigenvalue weighted by Gasteiger charge is 2.25. The highest BCUT2D eigenvalue weighted by Crippen LogP contribution is 2.21. The zero-order valence-electron chi connectivity index (χ0n) is 14.5. The number of rotatable bonds is 6. The summed E-state index contributed by atoms with van der Waals surface area (Å²) >= 11 is 0. The van der Waals surface area contributed by atoms with Crippen molar-refractivity contribution in [2.24, 2.45) is 0 Å². The van der Waals surface area contributed by atoms with Crippen LogP contribution >= 0.6 is 0 Å². The molecular formula is C19H18FN3O3S. The van der Waals surface area contributed by atoms with Gasteiger partial charge in [0.05, 0.1) is 16.1 Å². The fourth-order valence-electron chi connectivity index (χ4n) is 2.62. The van der Waals surface area contributed by atoms with Crippen molar-refractivity contribution in [3.05, 3.63) is 66.6 Å². The summed E-state index contributed by atoms with van der Waals surface area (Å²) < 4.78 is 40.3. The second kappa shape index (κ2) is 7.81. The summed E-state index contributed by atoms with van der Waals surface area (Å²) in [5.74, 6) is -1.04. The maximum absolute atomic E-state index is 13.0. The molecule has 27 heavy (non-hydrogen) atoms. The van der Waals surface area contributed by atoms with Crippen molar-refractivity contribution in [3.8, 4) is 0 Å².